The van der Waals surface area contributed by atoms with Crippen molar-refractivity contribution in [1.82, 2.24) is 4.90 Å². The van der Waals surface area contributed by atoms with Crippen molar-refractivity contribution in [2.24, 2.45) is 0 Å². The average Bonchev–Trinajstić information content (AvgIpc) is 3.20. The third kappa shape index (κ3) is 3.75. The van der Waals surface area contributed by atoms with Crippen LogP contribution in [0.15, 0.2) is 55.3 Å². The first kappa shape index (κ1) is 21.3. The van der Waals surface area contributed by atoms with Crippen molar-refractivity contribution in [1.29, 1.82) is 0 Å². The topological polar surface area (TPSA) is 88.5 Å². The number of hydrogen-bond donors (Lipinski definition) is 1. The Hall–Kier alpha value is -3.94. The summed E-state index contributed by atoms with van der Waals surface area (Å²) in [5.74, 6) is 0.436. The molecular formula is C24H24N2O6. The van der Waals surface area contributed by atoms with Crippen LogP contribution in [0.1, 0.15) is 22.3 Å². The lowest BCUT2D eigenvalue weighted by atomic mass is 10.0. The number of phenols is 1. The highest BCUT2D eigenvalue weighted by Crippen LogP contribution is 2.41. The van der Waals surface area contributed by atoms with Gasteiger partial charge in [-0.1, -0.05) is 24.8 Å². The molecule has 0 bridgehead atoms. The molecule has 2 amide bonds. The summed E-state index contributed by atoms with van der Waals surface area (Å²) in [7, 11) is 3.01. The van der Waals surface area contributed by atoms with E-state index in [1.807, 2.05) is 30.5 Å². The maximum absolute atomic E-state index is 13.5. The van der Waals surface area contributed by atoms with Gasteiger partial charge in [-0.15, -0.1) is 0 Å². The molecule has 2 heterocycles. The number of nitrogens with zero attached hydrogens (tertiary/aromatic N) is 2. The smallest absolute Gasteiger partial charge is 0.414 e. The van der Waals surface area contributed by atoms with Crippen LogP contribution in [-0.2, 0) is 4.74 Å². The second-order valence-corrected chi connectivity index (χ2v) is 7.47. The molecule has 1 N–H and O–H groups in total. The summed E-state index contributed by atoms with van der Waals surface area (Å²) < 4.78 is 15.7. The molecule has 0 spiro atoms. The number of amides is 2. The van der Waals surface area contributed by atoms with Gasteiger partial charge >= 0.3 is 6.09 Å². The lowest BCUT2D eigenvalue weighted by Crippen LogP contribution is -2.41. The number of methoxy groups -OCH3 is 2. The van der Waals surface area contributed by atoms with Gasteiger partial charge in [0.2, 0.25) is 0 Å². The second-order valence-electron chi connectivity index (χ2n) is 7.47. The second kappa shape index (κ2) is 8.66. The number of aromatic hydroxyl groups is 1. The Balaban J connectivity index is 1.75. The zero-order valence-electron chi connectivity index (χ0n) is 17.9. The molecule has 0 saturated heterocycles. The average molecular weight is 436 g/mol. The third-order valence-corrected chi connectivity index (χ3v) is 5.60. The van der Waals surface area contributed by atoms with Gasteiger partial charge in [-0.2, -0.15) is 0 Å². The molecule has 0 aromatic heterocycles. The minimum absolute atomic E-state index is 0.0322. The highest BCUT2D eigenvalue weighted by atomic mass is 16.6. The minimum Gasteiger partial charge on any atom is -0.504 e. The number of carbonyl (C=O) groups excluding carboxylic acids is 2. The predicted molar refractivity (Wildman–Crippen MR) is 119 cm³/mol. The highest BCUT2D eigenvalue weighted by Gasteiger charge is 2.39. The predicted octanol–water partition coefficient (Wildman–Crippen LogP) is 3.81. The Morgan fingerprint density at radius 3 is 2.62 bits per heavy atom. The summed E-state index contributed by atoms with van der Waals surface area (Å²) in [6, 6.07) is 10.1. The summed E-state index contributed by atoms with van der Waals surface area (Å²) in [6.07, 6.45) is 3.22. The molecule has 1 atom stereocenters. The lowest BCUT2D eigenvalue weighted by Gasteiger charge is -2.25. The molecule has 0 aliphatic carbocycles. The van der Waals surface area contributed by atoms with Crippen LogP contribution in [-0.4, -0.2) is 55.4 Å². The number of carbonyl (C=O) groups is 2. The first-order valence-corrected chi connectivity index (χ1v) is 10.1. The maximum atomic E-state index is 13.5. The molecule has 0 saturated carbocycles. The number of ether oxygens (including phenoxy) is 3. The standard InChI is InChI=1S/C24H24N2O6/c1-4-9-32-24(29)26-14-17-10-16(15-5-7-18(30-2)8-6-15)13-25(17)23(28)19-11-22(31-3)21(27)12-20(19)26/h4-8,11-13,17,27H,1,9-10,14H2,2-3H3/t17-/m0/s1. The summed E-state index contributed by atoms with van der Waals surface area (Å²) in [6.45, 7) is 3.80. The number of benzene rings is 2. The minimum atomic E-state index is -0.622. The fourth-order valence-electron chi connectivity index (χ4n) is 4.00. The van der Waals surface area contributed by atoms with E-state index >= 15 is 0 Å². The molecule has 0 fully saturated rings. The van der Waals surface area contributed by atoms with Crippen LogP contribution in [0.4, 0.5) is 10.5 Å². The van der Waals surface area contributed by atoms with Crippen LogP contribution in [0.3, 0.4) is 0 Å². The number of phenolic OH excluding ortho intramolecular Hbond substituents is 1. The Labute approximate surface area is 185 Å². The third-order valence-electron chi connectivity index (χ3n) is 5.60. The largest absolute Gasteiger partial charge is 0.504 e. The van der Waals surface area contributed by atoms with Crippen molar-refractivity contribution in [3.05, 3.63) is 66.4 Å². The molecule has 8 heteroatoms. The van der Waals surface area contributed by atoms with Gasteiger partial charge in [0.05, 0.1) is 38.1 Å². The van der Waals surface area contributed by atoms with E-state index < -0.39 is 6.09 Å². The Bertz CT molecular complexity index is 1090. The van der Waals surface area contributed by atoms with E-state index in [4.69, 9.17) is 14.2 Å². The number of rotatable bonds is 5. The molecule has 0 unspecified atom stereocenters. The zero-order valence-corrected chi connectivity index (χ0v) is 17.9. The molecule has 2 aliphatic heterocycles. The van der Waals surface area contributed by atoms with Gasteiger partial charge < -0.3 is 24.2 Å². The molecular weight excluding hydrogens is 412 g/mol. The van der Waals surface area contributed by atoms with E-state index in [1.165, 1.54) is 30.2 Å². The SMILES string of the molecule is C=CCOC(=O)N1C[C@@H]2CC(c3ccc(OC)cc3)=CN2C(=O)c2cc(OC)c(O)cc21. The summed E-state index contributed by atoms with van der Waals surface area (Å²) in [4.78, 5) is 29.3. The van der Waals surface area contributed by atoms with Crippen LogP contribution >= 0.6 is 0 Å². The molecule has 2 aromatic carbocycles. The van der Waals surface area contributed by atoms with Crippen molar-refractivity contribution < 1.29 is 28.9 Å². The van der Waals surface area contributed by atoms with Gasteiger partial charge in [-0.3, -0.25) is 9.69 Å². The number of hydrogen-bond acceptors (Lipinski definition) is 6. The zero-order chi connectivity index (χ0) is 22.8. The van der Waals surface area contributed by atoms with Gasteiger partial charge in [0.15, 0.2) is 11.5 Å². The highest BCUT2D eigenvalue weighted by molar-refractivity contribution is 6.06. The molecule has 32 heavy (non-hydrogen) atoms. The van der Waals surface area contributed by atoms with Crippen molar-refractivity contribution in [3.63, 3.8) is 0 Å². The monoisotopic (exact) mass is 436 g/mol. The van der Waals surface area contributed by atoms with Crippen molar-refractivity contribution >= 4 is 23.3 Å². The first-order chi connectivity index (χ1) is 15.5. The van der Waals surface area contributed by atoms with E-state index in [0.29, 0.717) is 6.42 Å². The Morgan fingerprint density at radius 2 is 1.97 bits per heavy atom. The molecule has 2 aliphatic rings. The van der Waals surface area contributed by atoms with Gasteiger partial charge in [-0.25, -0.2) is 4.79 Å². The molecule has 0 radical (unpaired) electrons. The van der Waals surface area contributed by atoms with Gasteiger partial charge in [0.25, 0.3) is 5.91 Å². The summed E-state index contributed by atoms with van der Waals surface area (Å²) in [5.41, 5.74) is 2.46. The number of fused-ring (bicyclic) bond motifs is 2. The molecule has 4 rings (SSSR count). The lowest BCUT2D eigenvalue weighted by molar-refractivity contribution is 0.0794. The summed E-state index contributed by atoms with van der Waals surface area (Å²) in [5, 5.41) is 10.3. The van der Waals surface area contributed by atoms with Crippen molar-refractivity contribution in [3.8, 4) is 17.2 Å². The van der Waals surface area contributed by atoms with E-state index in [2.05, 4.69) is 6.58 Å². The van der Waals surface area contributed by atoms with Crippen LogP contribution in [0.5, 0.6) is 17.2 Å². The maximum Gasteiger partial charge on any atom is 0.414 e. The quantitative estimate of drug-likeness (QED) is 0.717. The normalized spacial score (nSPS) is 17.1. The fourth-order valence-corrected chi connectivity index (χ4v) is 4.00. The van der Waals surface area contributed by atoms with Crippen LogP contribution < -0.4 is 14.4 Å². The Morgan fingerprint density at radius 1 is 1.22 bits per heavy atom. The Kier molecular flexibility index (Phi) is 5.77. The van der Waals surface area contributed by atoms with Crippen LogP contribution in [0.2, 0.25) is 0 Å². The van der Waals surface area contributed by atoms with Gasteiger partial charge in [0.1, 0.15) is 12.4 Å². The van der Waals surface area contributed by atoms with Crippen LogP contribution in [0, 0.1) is 0 Å². The van der Waals surface area contributed by atoms with Crippen LogP contribution in [0.25, 0.3) is 5.57 Å². The summed E-state index contributed by atoms with van der Waals surface area (Å²) >= 11 is 0. The van der Waals surface area contributed by atoms with Crippen molar-refractivity contribution in [2.75, 3.05) is 32.3 Å². The van der Waals surface area contributed by atoms with E-state index in [1.54, 1.807) is 12.0 Å². The number of anilines is 1. The van der Waals surface area contributed by atoms with Gasteiger partial charge in [-0.05, 0) is 35.8 Å². The molecule has 2 aromatic rings. The molecule has 8 nitrogen and oxygen atoms in total. The molecule has 166 valence electrons. The van der Waals surface area contributed by atoms with E-state index in [0.717, 1.165) is 16.9 Å². The van der Waals surface area contributed by atoms with Crippen molar-refractivity contribution in [2.45, 2.75) is 12.5 Å². The fraction of sp³-hybridized carbons (Fsp3) is 0.250. The first-order valence-electron chi connectivity index (χ1n) is 10.1. The van der Waals surface area contributed by atoms with E-state index in [-0.39, 0.29) is 47.9 Å². The van der Waals surface area contributed by atoms with Gasteiger partial charge in [0, 0.05) is 12.3 Å². The van der Waals surface area contributed by atoms with E-state index in [9.17, 15) is 14.7 Å².